The van der Waals surface area contributed by atoms with Gasteiger partial charge in [-0.15, -0.1) is 0 Å². The molecule has 0 bridgehead atoms. The molecule has 23 heavy (non-hydrogen) atoms. The molecule has 2 aromatic carbocycles. The number of urea groups is 1. The van der Waals surface area contributed by atoms with Gasteiger partial charge in [-0.3, -0.25) is 0 Å². The number of hydrogen-bond donors (Lipinski definition) is 2. The lowest BCUT2D eigenvalue weighted by molar-refractivity contribution is 0.224. The van der Waals surface area contributed by atoms with E-state index in [1.807, 2.05) is 56.3 Å². The van der Waals surface area contributed by atoms with E-state index in [0.29, 0.717) is 6.54 Å². The van der Waals surface area contributed by atoms with Crippen LogP contribution < -0.4 is 15.4 Å². The molecule has 2 amide bonds. The number of hydrogen-bond acceptors (Lipinski definition) is 2. The average Bonchev–Trinajstić information content (AvgIpc) is 2.53. The van der Waals surface area contributed by atoms with E-state index in [1.54, 1.807) is 0 Å². The van der Waals surface area contributed by atoms with Crippen LogP contribution in [0.3, 0.4) is 0 Å². The van der Waals surface area contributed by atoms with E-state index in [9.17, 15) is 4.79 Å². The first-order valence-corrected chi connectivity index (χ1v) is 8.30. The second-order valence-electron chi connectivity index (χ2n) is 5.30. The van der Waals surface area contributed by atoms with Crippen molar-refractivity contribution in [2.24, 2.45) is 0 Å². The third kappa shape index (κ3) is 5.60. The van der Waals surface area contributed by atoms with Crippen LogP contribution in [0.25, 0.3) is 0 Å². The van der Waals surface area contributed by atoms with Crippen LogP contribution in [0.1, 0.15) is 16.7 Å². The minimum Gasteiger partial charge on any atom is -0.473 e. The van der Waals surface area contributed by atoms with E-state index in [-0.39, 0.29) is 12.8 Å². The molecule has 0 saturated heterocycles. The van der Waals surface area contributed by atoms with Gasteiger partial charge in [0, 0.05) is 11.0 Å². The lowest BCUT2D eigenvalue weighted by atomic mass is 10.1. The summed E-state index contributed by atoms with van der Waals surface area (Å²) < 4.78 is 6.64. The highest BCUT2D eigenvalue weighted by atomic mass is 79.9. The van der Waals surface area contributed by atoms with Crippen molar-refractivity contribution in [2.75, 3.05) is 13.3 Å². The molecule has 0 aliphatic heterocycles. The second-order valence-corrected chi connectivity index (χ2v) is 6.21. The van der Waals surface area contributed by atoms with Crippen molar-refractivity contribution in [3.05, 3.63) is 63.6 Å². The molecule has 0 saturated carbocycles. The van der Waals surface area contributed by atoms with E-state index < -0.39 is 0 Å². The maximum Gasteiger partial charge on any atom is 0.317 e. The van der Waals surface area contributed by atoms with Crippen molar-refractivity contribution in [3.8, 4) is 5.75 Å². The molecule has 0 aliphatic carbocycles. The maximum atomic E-state index is 11.7. The molecule has 0 atom stereocenters. The van der Waals surface area contributed by atoms with Crippen LogP contribution in [0.4, 0.5) is 4.79 Å². The monoisotopic (exact) mass is 376 g/mol. The standard InChI is InChI=1S/C18H21BrN2O2/c1-13-4-3-5-17(14(13)2)23-12-21-18(22)20-11-10-15-6-8-16(19)9-7-15/h3-9H,10-12H2,1-2H3,(H2,20,21,22). The smallest absolute Gasteiger partial charge is 0.317 e. The Morgan fingerprint density at radius 1 is 1.09 bits per heavy atom. The summed E-state index contributed by atoms with van der Waals surface area (Å²) in [7, 11) is 0. The van der Waals surface area contributed by atoms with E-state index in [0.717, 1.165) is 22.2 Å². The Hall–Kier alpha value is -2.01. The summed E-state index contributed by atoms with van der Waals surface area (Å²) in [4.78, 5) is 11.7. The third-order valence-corrected chi connectivity index (χ3v) is 4.16. The average molecular weight is 377 g/mol. The molecule has 5 heteroatoms. The second kappa shape index (κ2) is 8.58. The molecule has 0 fully saturated rings. The normalized spacial score (nSPS) is 10.2. The molecule has 0 unspecified atom stereocenters. The van der Waals surface area contributed by atoms with Crippen molar-refractivity contribution < 1.29 is 9.53 Å². The number of aryl methyl sites for hydroxylation is 1. The van der Waals surface area contributed by atoms with Crippen LogP contribution in [-0.2, 0) is 6.42 Å². The summed E-state index contributed by atoms with van der Waals surface area (Å²) in [6.07, 6.45) is 0.790. The number of carbonyl (C=O) groups excluding carboxylic acids is 1. The third-order valence-electron chi connectivity index (χ3n) is 3.63. The Kier molecular flexibility index (Phi) is 6.47. The summed E-state index contributed by atoms with van der Waals surface area (Å²) in [6, 6.07) is 13.7. The lowest BCUT2D eigenvalue weighted by Crippen LogP contribution is -2.38. The molecule has 0 aromatic heterocycles. The van der Waals surface area contributed by atoms with Gasteiger partial charge >= 0.3 is 6.03 Å². The van der Waals surface area contributed by atoms with Gasteiger partial charge in [-0.05, 0) is 55.2 Å². The minimum atomic E-state index is -0.229. The summed E-state index contributed by atoms with van der Waals surface area (Å²) >= 11 is 3.40. The van der Waals surface area contributed by atoms with Crippen molar-refractivity contribution in [3.63, 3.8) is 0 Å². The predicted molar refractivity (Wildman–Crippen MR) is 95.8 cm³/mol. The van der Waals surface area contributed by atoms with Crippen molar-refractivity contribution in [1.82, 2.24) is 10.6 Å². The van der Waals surface area contributed by atoms with Gasteiger partial charge in [0.05, 0.1) is 0 Å². The maximum absolute atomic E-state index is 11.7. The molecule has 4 nitrogen and oxygen atoms in total. The van der Waals surface area contributed by atoms with E-state index >= 15 is 0 Å². The molecule has 122 valence electrons. The van der Waals surface area contributed by atoms with Crippen LogP contribution in [0.5, 0.6) is 5.75 Å². The van der Waals surface area contributed by atoms with Gasteiger partial charge in [-0.25, -0.2) is 4.79 Å². The molecule has 2 aromatic rings. The van der Waals surface area contributed by atoms with E-state index in [4.69, 9.17) is 4.74 Å². The molecule has 2 rings (SSSR count). The first-order valence-electron chi connectivity index (χ1n) is 7.51. The Morgan fingerprint density at radius 3 is 2.57 bits per heavy atom. The fraction of sp³-hybridized carbons (Fsp3) is 0.278. The summed E-state index contributed by atoms with van der Waals surface area (Å²) in [6.45, 7) is 4.76. The first-order chi connectivity index (χ1) is 11.1. The fourth-order valence-electron chi connectivity index (χ4n) is 2.09. The molecule has 0 spiro atoms. The van der Waals surface area contributed by atoms with Crippen LogP contribution >= 0.6 is 15.9 Å². The van der Waals surface area contributed by atoms with Crippen molar-refractivity contribution in [1.29, 1.82) is 0 Å². The number of amides is 2. The zero-order valence-electron chi connectivity index (χ0n) is 13.4. The number of halogens is 1. The molecular weight excluding hydrogens is 356 g/mol. The topological polar surface area (TPSA) is 50.4 Å². The number of carbonyl (C=O) groups is 1. The highest BCUT2D eigenvalue weighted by Gasteiger charge is 2.03. The highest BCUT2D eigenvalue weighted by Crippen LogP contribution is 2.19. The summed E-state index contributed by atoms with van der Waals surface area (Å²) in [5.74, 6) is 0.792. The Labute approximate surface area is 145 Å². The molecule has 0 aliphatic rings. The number of benzene rings is 2. The molecule has 0 radical (unpaired) electrons. The largest absolute Gasteiger partial charge is 0.473 e. The first kappa shape index (κ1) is 17.3. The predicted octanol–water partition coefficient (Wildman–Crippen LogP) is 3.94. The highest BCUT2D eigenvalue weighted by molar-refractivity contribution is 9.10. The van der Waals surface area contributed by atoms with E-state index in [2.05, 4.69) is 26.6 Å². The Balaban J connectivity index is 1.67. The lowest BCUT2D eigenvalue weighted by Gasteiger charge is -2.12. The van der Waals surface area contributed by atoms with Gasteiger partial charge in [0.1, 0.15) is 5.75 Å². The van der Waals surface area contributed by atoms with Crippen LogP contribution in [0.15, 0.2) is 46.9 Å². The van der Waals surface area contributed by atoms with E-state index in [1.165, 1.54) is 11.1 Å². The van der Waals surface area contributed by atoms with Gasteiger partial charge in [0.2, 0.25) is 0 Å². The zero-order chi connectivity index (χ0) is 16.7. The quantitative estimate of drug-likeness (QED) is 0.750. The van der Waals surface area contributed by atoms with Crippen molar-refractivity contribution in [2.45, 2.75) is 20.3 Å². The van der Waals surface area contributed by atoms with Crippen LogP contribution in [-0.4, -0.2) is 19.3 Å². The number of nitrogens with one attached hydrogen (secondary N) is 2. The van der Waals surface area contributed by atoms with Gasteiger partial charge in [-0.1, -0.05) is 40.2 Å². The van der Waals surface area contributed by atoms with Crippen molar-refractivity contribution >= 4 is 22.0 Å². The van der Waals surface area contributed by atoms with Gasteiger partial charge in [0.25, 0.3) is 0 Å². The number of rotatable bonds is 6. The summed E-state index contributed by atoms with van der Waals surface area (Å²) in [5, 5.41) is 5.51. The van der Waals surface area contributed by atoms with Gasteiger partial charge < -0.3 is 15.4 Å². The SMILES string of the molecule is Cc1cccc(OCNC(=O)NCCc2ccc(Br)cc2)c1C. The van der Waals surface area contributed by atoms with Crippen LogP contribution in [0, 0.1) is 13.8 Å². The molecular formula is C18H21BrN2O2. The molecule has 2 N–H and O–H groups in total. The minimum absolute atomic E-state index is 0.147. The Morgan fingerprint density at radius 2 is 1.83 bits per heavy atom. The zero-order valence-corrected chi connectivity index (χ0v) is 14.9. The fourth-order valence-corrected chi connectivity index (χ4v) is 2.36. The van der Waals surface area contributed by atoms with Gasteiger partial charge in [0.15, 0.2) is 6.73 Å². The summed E-state index contributed by atoms with van der Waals surface area (Å²) in [5.41, 5.74) is 3.44. The van der Waals surface area contributed by atoms with Gasteiger partial charge in [-0.2, -0.15) is 0 Å². The molecule has 0 heterocycles. The number of ether oxygens (including phenoxy) is 1. The van der Waals surface area contributed by atoms with Crippen LogP contribution in [0.2, 0.25) is 0 Å². The Bertz CT molecular complexity index is 657.